The van der Waals surface area contributed by atoms with Crippen LogP contribution < -0.4 is 0 Å². The third-order valence-corrected chi connectivity index (χ3v) is 5.66. The topological polar surface area (TPSA) is 70.5 Å². The number of amides is 1. The van der Waals surface area contributed by atoms with Crippen LogP contribution in [0.2, 0.25) is 0 Å². The number of aliphatic hydroxyl groups is 1. The summed E-state index contributed by atoms with van der Waals surface area (Å²) >= 11 is 3.42. The fourth-order valence-corrected chi connectivity index (χ4v) is 3.85. The fourth-order valence-electron chi connectivity index (χ4n) is 3.59. The average molecular weight is 463 g/mol. The zero-order valence-electron chi connectivity index (χ0n) is 16.2. The minimum absolute atomic E-state index is 0.0927. The first-order valence-corrected chi connectivity index (χ1v) is 10.2. The van der Waals surface area contributed by atoms with E-state index in [1.165, 1.54) is 4.90 Å². The Balaban J connectivity index is 1.85. The van der Waals surface area contributed by atoms with Crippen LogP contribution in [0, 0.1) is 6.92 Å². The zero-order chi connectivity index (χ0) is 21.3. The van der Waals surface area contributed by atoms with Crippen LogP contribution >= 0.6 is 15.9 Å². The van der Waals surface area contributed by atoms with Crippen LogP contribution in [0.4, 0.5) is 0 Å². The number of carbonyl (C=O) groups is 2. The Morgan fingerprint density at radius 1 is 1.07 bits per heavy atom. The predicted octanol–water partition coefficient (Wildman–Crippen LogP) is 4.77. The molecule has 3 aromatic rings. The molecule has 1 fully saturated rings. The number of rotatable bonds is 4. The highest BCUT2D eigenvalue weighted by Gasteiger charge is 2.46. The standard InChI is InChI=1S/C24H19BrN2O3/c1-15-4-6-18(7-5-15)22(28)20-21(17-8-10-19(25)11-9-17)27(24(30)23(20)29)14-16-3-2-12-26-13-16/h2-13,21,28H,14H2,1H3/b22-20+. The van der Waals surface area contributed by atoms with Gasteiger partial charge < -0.3 is 10.0 Å². The Bertz CT molecular complexity index is 1120. The molecule has 0 saturated carbocycles. The number of aromatic nitrogens is 1. The van der Waals surface area contributed by atoms with Gasteiger partial charge in [-0.3, -0.25) is 14.6 Å². The molecule has 2 aromatic carbocycles. The number of hydrogen-bond acceptors (Lipinski definition) is 4. The highest BCUT2D eigenvalue weighted by molar-refractivity contribution is 9.10. The molecule has 0 bridgehead atoms. The second-order valence-electron chi connectivity index (χ2n) is 7.21. The predicted molar refractivity (Wildman–Crippen MR) is 117 cm³/mol. The van der Waals surface area contributed by atoms with Crippen molar-refractivity contribution in [2.45, 2.75) is 19.5 Å². The molecule has 1 N–H and O–H groups in total. The van der Waals surface area contributed by atoms with E-state index in [0.717, 1.165) is 21.2 Å². The zero-order valence-corrected chi connectivity index (χ0v) is 17.8. The average Bonchev–Trinajstić information content (AvgIpc) is 3.00. The van der Waals surface area contributed by atoms with E-state index < -0.39 is 17.7 Å². The van der Waals surface area contributed by atoms with Crippen molar-refractivity contribution in [3.8, 4) is 0 Å². The summed E-state index contributed by atoms with van der Waals surface area (Å²) in [6.45, 7) is 2.16. The lowest BCUT2D eigenvalue weighted by Gasteiger charge is -2.25. The number of aryl methyl sites for hydroxylation is 1. The van der Waals surface area contributed by atoms with Crippen molar-refractivity contribution in [2.24, 2.45) is 0 Å². The van der Waals surface area contributed by atoms with Crippen molar-refractivity contribution in [2.75, 3.05) is 0 Å². The van der Waals surface area contributed by atoms with Gasteiger partial charge in [-0.05, 0) is 36.2 Å². The summed E-state index contributed by atoms with van der Waals surface area (Å²) < 4.78 is 0.883. The SMILES string of the molecule is Cc1ccc(/C(O)=C2\C(=O)C(=O)N(Cc3cccnc3)C2c2ccc(Br)cc2)cc1. The van der Waals surface area contributed by atoms with Crippen LogP contribution in [0.5, 0.6) is 0 Å². The monoisotopic (exact) mass is 462 g/mol. The molecule has 1 aliphatic rings. The highest BCUT2D eigenvalue weighted by atomic mass is 79.9. The summed E-state index contributed by atoms with van der Waals surface area (Å²) in [5.41, 5.74) is 3.18. The van der Waals surface area contributed by atoms with E-state index in [0.29, 0.717) is 5.56 Å². The Morgan fingerprint density at radius 3 is 2.40 bits per heavy atom. The summed E-state index contributed by atoms with van der Waals surface area (Å²) in [7, 11) is 0. The van der Waals surface area contributed by atoms with Crippen LogP contribution in [-0.4, -0.2) is 26.7 Å². The number of aliphatic hydroxyl groups excluding tert-OH is 1. The molecule has 30 heavy (non-hydrogen) atoms. The summed E-state index contributed by atoms with van der Waals surface area (Å²) in [5.74, 6) is -1.50. The molecule has 1 atom stereocenters. The number of pyridine rings is 1. The molecule has 0 spiro atoms. The van der Waals surface area contributed by atoms with Gasteiger partial charge in [0.1, 0.15) is 5.76 Å². The van der Waals surface area contributed by atoms with Gasteiger partial charge in [0.05, 0.1) is 11.6 Å². The van der Waals surface area contributed by atoms with Crippen LogP contribution in [0.15, 0.2) is 83.1 Å². The van der Waals surface area contributed by atoms with Crippen molar-refractivity contribution >= 4 is 33.4 Å². The molecule has 1 amide bonds. The number of hydrogen-bond donors (Lipinski definition) is 1. The maximum atomic E-state index is 13.0. The fraction of sp³-hybridized carbons (Fsp3) is 0.125. The summed E-state index contributed by atoms with van der Waals surface area (Å²) in [6, 6.07) is 17.5. The maximum Gasteiger partial charge on any atom is 0.295 e. The maximum absolute atomic E-state index is 13.0. The van der Waals surface area contributed by atoms with Crippen molar-refractivity contribution in [1.82, 2.24) is 9.88 Å². The molecule has 1 aliphatic heterocycles. The van der Waals surface area contributed by atoms with Gasteiger partial charge in [0.25, 0.3) is 11.7 Å². The van der Waals surface area contributed by atoms with Gasteiger partial charge in [-0.25, -0.2) is 0 Å². The number of benzene rings is 2. The van der Waals surface area contributed by atoms with Crippen molar-refractivity contribution in [3.63, 3.8) is 0 Å². The molecule has 1 saturated heterocycles. The Kier molecular flexibility index (Phi) is 5.50. The Hall–Kier alpha value is -3.25. The number of carbonyl (C=O) groups excluding carboxylic acids is 2. The van der Waals surface area contributed by atoms with Crippen LogP contribution in [-0.2, 0) is 16.1 Å². The molecule has 0 aliphatic carbocycles. The second-order valence-corrected chi connectivity index (χ2v) is 8.12. The number of Topliss-reactive ketones (excluding diaryl/α,β-unsaturated/α-hetero) is 1. The Morgan fingerprint density at radius 2 is 1.77 bits per heavy atom. The van der Waals surface area contributed by atoms with Crippen LogP contribution in [0.1, 0.15) is 28.3 Å². The first-order valence-electron chi connectivity index (χ1n) is 9.45. The van der Waals surface area contributed by atoms with E-state index in [1.54, 1.807) is 30.6 Å². The lowest BCUT2D eigenvalue weighted by atomic mass is 9.95. The third-order valence-electron chi connectivity index (χ3n) is 5.13. The van der Waals surface area contributed by atoms with E-state index in [1.807, 2.05) is 49.4 Å². The largest absolute Gasteiger partial charge is 0.507 e. The van der Waals surface area contributed by atoms with E-state index in [2.05, 4.69) is 20.9 Å². The van der Waals surface area contributed by atoms with Gasteiger partial charge in [0.15, 0.2) is 0 Å². The molecule has 1 unspecified atom stereocenters. The van der Waals surface area contributed by atoms with E-state index in [9.17, 15) is 14.7 Å². The van der Waals surface area contributed by atoms with E-state index in [4.69, 9.17) is 0 Å². The number of nitrogens with zero attached hydrogens (tertiary/aromatic N) is 2. The van der Waals surface area contributed by atoms with Gasteiger partial charge in [0.2, 0.25) is 0 Å². The number of halogens is 1. The van der Waals surface area contributed by atoms with Crippen LogP contribution in [0.25, 0.3) is 5.76 Å². The molecule has 2 heterocycles. The summed E-state index contributed by atoms with van der Waals surface area (Å²) in [4.78, 5) is 31.6. The van der Waals surface area contributed by atoms with Gasteiger partial charge >= 0.3 is 0 Å². The number of likely N-dealkylation sites (tertiary alicyclic amines) is 1. The number of ketones is 1. The molecule has 150 valence electrons. The van der Waals surface area contributed by atoms with Crippen LogP contribution in [0.3, 0.4) is 0 Å². The molecular weight excluding hydrogens is 444 g/mol. The lowest BCUT2D eigenvalue weighted by Crippen LogP contribution is -2.29. The van der Waals surface area contributed by atoms with Gasteiger partial charge in [0, 0.05) is 29.0 Å². The van der Waals surface area contributed by atoms with Gasteiger partial charge in [-0.1, -0.05) is 64.0 Å². The van der Waals surface area contributed by atoms with Crippen molar-refractivity contribution < 1.29 is 14.7 Å². The molecule has 6 heteroatoms. The van der Waals surface area contributed by atoms with Gasteiger partial charge in [-0.2, -0.15) is 0 Å². The smallest absolute Gasteiger partial charge is 0.295 e. The molecule has 1 aromatic heterocycles. The van der Waals surface area contributed by atoms with Gasteiger partial charge in [-0.15, -0.1) is 0 Å². The van der Waals surface area contributed by atoms with Crippen molar-refractivity contribution in [3.05, 3.63) is 105 Å². The molecule has 5 nitrogen and oxygen atoms in total. The minimum Gasteiger partial charge on any atom is -0.507 e. The quantitative estimate of drug-likeness (QED) is 0.344. The molecule has 0 radical (unpaired) electrons. The Labute approximate surface area is 182 Å². The van der Waals surface area contributed by atoms with E-state index in [-0.39, 0.29) is 17.9 Å². The lowest BCUT2D eigenvalue weighted by molar-refractivity contribution is -0.140. The van der Waals surface area contributed by atoms with E-state index >= 15 is 0 Å². The minimum atomic E-state index is -0.695. The normalized spacial score (nSPS) is 18.1. The second kappa shape index (κ2) is 8.24. The summed E-state index contributed by atoms with van der Waals surface area (Å²) in [6.07, 6.45) is 3.32. The first-order chi connectivity index (χ1) is 14.5. The summed E-state index contributed by atoms with van der Waals surface area (Å²) in [5, 5.41) is 11.0. The first kappa shape index (κ1) is 20.0. The molecular formula is C24H19BrN2O3. The molecule has 4 rings (SSSR count). The van der Waals surface area contributed by atoms with Crippen molar-refractivity contribution in [1.29, 1.82) is 0 Å². The third kappa shape index (κ3) is 3.78. The highest BCUT2D eigenvalue weighted by Crippen LogP contribution is 2.40.